The monoisotopic (exact) mass is 419 g/mol. The van der Waals surface area contributed by atoms with Gasteiger partial charge in [-0.3, -0.25) is 9.59 Å². The van der Waals surface area contributed by atoms with E-state index in [9.17, 15) is 14.4 Å². The van der Waals surface area contributed by atoms with Gasteiger partial charge in [0.2, 0.25) is 11.8 Å². The summed E-state index contributed by atoms with van der Waals surface area (Å²) in [5.41, 5.74) is -0.561. The third kappa shape index (κ3) is 9.15. The molecule has 2 rings (SSSR count). The van der Waals surface area contributed by atoms with Gasteiger partial charge in [0, 0.05) is 32.1 Å². The fraction of sp³-hybridized carbons (Fsp3) is 0.591. The van der Waals surface area contributed by atoms with Gasteiger partial charge in [-0.15, -0.1) is 0 Å². The van der Waals surface area contributed by atoms with Crippen molar-refractivity contribution in [3.8, 4) is 5.75 Å². The van der Waals surface area contributed by atoms with E-state index in [-0.39, 0.29) is 30.8 Å². The predicted octanol–water partition coefficient (Wildman–Crippen LogP) is 2.48. The van der Waals surface area contributed by atoms with Crippen molar-refractivity contribution in [1.82, 2.24) is 15.5 Å². The van der Waals surface area contributed by atoms with Gasteiger partial charge >= 0.3 is 6.09 Å². The average Bonchev–Trinajstić information content (AvgIpc) is 2.68. The van der Waals surface area contributed by atoms with Crippen molar-refractivity contribution in [2.45, 2.75) is 58.1 Å². The first-order chi connectivity index (χ1) is 14.2. The molecule has 8 heteroatoms. The molecule has 3 amide bonds. The topological polar surface area (TPSA) is 97.0 Å². The van der Waals surface area contributed by atoms with Crippen LogP contribution in [0.3, 0.4) is 0 Å². The van der Waals surface area contributed by atoms with Crippen LogP contribution in [0.25, 0.3) is 0 Å². The van der Waals surface area contributed by atoms with Gasteiger partial charge in [0.15, 0.2) is 0 Å². The number of benzene rings is 1. The number of alkyl carbamates (subject to hydrolysis) is 1. The maximum Gasteiger partial charge on any atom is 0.407 e. The van der Waals surface area contributed by atoms with Crippen LogP contribution in [0, 0.1) is 0 Å². The summed E-state index contributed by atoms with van der Waals surface area (Å²) in [6.45, 7) is 7.13. The second-order valence-corrected chi connectivity index (χ2v) is 8.31. The predicted molar refractivity (Wildman–Crippen MR) is 113 cm³/mol. The molecule has 1 aromatic carbocycles. The molecule has 8 nitrogen and oxygen atoms in total. The first-order valence-corrected chi connectivity index (χ1v) is 10.4. The van der Waals surface area contributed by atoms with Crippen LogP contribution in [0.2, 0.25) is 0 Å². The number of hydrogen-bond donors (Lipinski definition) is 2. The summed E-state index contributed by atoms with van der Waals surface area (Å²) in [6.07, 6.45) is 1.44. The Kier molecular flexibility index (Phi) is 8.95. The van der Waals surface area contributed by atoms with Crippen LogP contribution in [-0.4, -0.2) is 60.7 Å². The number of piperidine rings is 1. The number of carbonyl (C=O) groups is 3. The molecule has 0 saturated carbocycles. The largest absolute Gasteiger partial charge is 0.493 e. The van der Waals surface area contributed by atoms with Crippen LogP contribution >= 0.6 is 0 Å². The molecule has 1 aliphatic heterocycles. The second kappa shape index (κ2) is 11.4. The SMILES string of the molecule is CC(C)(C)OC(=O)NCCC(=O)N1CCC(NC(=O)CCOc2ccccc2)CC1. The molecule has 1 fully saturated rings. The lowest BCUT2D eigenvalue weighted by molar-refractivity contribution is -0.132. The first-order valence-electron chi connectivity index (χ1n) is 10.4. The highest BCUT2D eigenvalue weighted by Crippen LogP contribution is 2.12. The number of amides is 3. The van der Waals surface area contributed by atoms with E-state index in [2.05, 4.69) is 10.6 Å². The molecule has 30 heavy (non-hydrogen) atoms. The summed E-state index contributed by atoms with van der Waals surface area (Å²) in [6, 6.07) is 9.46. The third-order valence-corrected chi connectivity index (χ3v) is 4.56. The number of nitrogens with one attached hydrogen (secondary N) is 2. The van der Waals surface area contributed by atoms with Crippen molar-refractivity contribution in [2.75, 3.05) is 26.2 Å². The minimum atomic E-state index is -0.561. The van der Waals surface area contributed by atoms with Gasteiger partial charge < -0.3 is 25.0 Å². The molecule has 1 saturated heterocycles. The van der Waals surface area contributed by atoms with Crippen molar-refractivity contribution in [3.05, 3.63) is 30.3 Å². The lowest BCUT2D eigenvalue weighted by Crippen LogP contribution is -2.47. The highest BCUT2D eigenvalue weighted by molar-refractivity contribution is 5.78. The van der Waals surface area contributed by atoms with Gasteiger partial charge in [-0.05, 0) is 45.7 Å². The average molecular weight is 420 g/mol. The Morgan fingerprint density at radius 3 is 2.37 bits per heavy atom. The Morgan fingerprint density at radius 1 is 1.07 bits per heavy atom. The van der Waals surface area contributed by atoms with Crippen molar-refractivity contribution in [1.29, 1.82) is 0 Å². The van der Waals surface area contributed by atoms with E-state index in [1.165, 1.54) is 0 Å². The molecule has 0 atom stereocenters. The standard InChI is InChI=1S/C22H33N3O5/c1-22(2,3)30-21(28)23-13-9-20(27)25-14-10-17(11-15-25)24-19(26)12-16-29-18-7-5-4-6-8-18/h4-8,17H,9-16H2,1-3H3,(H,23,28)(H,24,26). The molecule has 0 aromatic heterocycles. The van der Waals surface area contributed by atoms with E-state index in [4.69, 9.17) is 9.47 Å². The zero-order valence-corrected chi connectivity index (χ0v) is 18.1. The molecule has 1 heterocycles. The fourth-order valence-electron chi connectivity index (χ4n) is 3.10. The van der Waals surface area contributed by atoms with Crippen LogP contribution in [0.1, 0.15) is 46.5 Å². The summed E-state index contributed by atoms with van der Waals surface area (Å²) in [4.78, 5) is 37.8. The minimum Gasteiger partial charge on any atom is -0.493 e. The van der Waals surface area contributed by atoms with Crippen LogP contribution in [0.4, 0.5) is 4.79 Å². The zero-order valence-electron chi connectivity index (χ0n) is 18.1. The Bertz CT molecular complexity index is 694. The minimum absolute atomic E-state index is 0.00732. The van der Waals surface area contributed by atoms with Gasteiger partial charge in [-0.2, -0.15) is 0 Å². The number of para-hydroxylation sites is 1. The molecule has 2 N–H and O–H groups in total. The molecule has 0 bridgehead atoms. The number of likely N-dealkylation sites (tertiary alicyclic amines) is 1. The molecule has 166 valence electrons. The third-order valence-electron chi connectivity index (χ3n) is 4.56. The fourth-order valence-corrected chi connectivity index (χ4v) is 3.10. The van der Waals surface area contributed by atoms with Gasteiger partial charge in [0.05, 0.1) is 13.0 Å². The van der Waals surface area contributed by atoms with Crippen molar-refractivity contribution >= 4 is 17.9 Å². The number of nitrogens with zero attached hydrogens (tertiary/aromatic N) is 1. The van der Waals surface area contributed by atoms with E-state index >= 15 is 0 Å². The molecule has 0 radical (unpaired) electrons. The van der Waals surface area contributed by atoms with Crippen molar-refractivity contribution < 1.29 is 23.9 Å². The van der Waals surface area contributed by atoms with Gasteiger partial charge in [0.25, 0.3) is 0 Å². The summed E-state index contributed by atoms with van der Waals surface area (Å²) in [5.74, 6) is 0.697. The summed E-state index contributed by atoms with van der Waals surface area (Å²) >= 11 is 0. The molecule has 1 aromatic rings. The number of carbonyl (C=O) groups excluding carboxylic acids is 3. The van der Waals surface area contributed by atoms with E-state index < -0.39 is 11.7 Å². The maximum atomic E-state index is 12.3. The van der Waals surface area contributed by atoms with E-state index in [1.807, 2.05) is 30.3 Å². The summed E-state index contributed by atoms with van der Waals surface area (Å²) in [7, 11) is 0. The molecular formula is C22H33N3O5. The van der Waals surface area contributed by atoms with Crippen LogP contribution < -0.4 is 15.4 Å². The van der Waals surface area contributed by atoms with Gasteiger partial charge in [0.1, 0.15) is 11.4 Å². The molecular weight excluding hydrogens is 386 g/mol. The van der Waals surface area contributed by atoms with Gasteiger partial charge in [-0.1, -0.05) is 18.2 Å². The Labute approximate surface area is 178 Å². The van der Waals surface area contributed by atoms with E-state index in [0.717, 1.165) is 18.6 Å². The Morgan fingerprint density at radius 2 is 1.73 bits per heavy atom. The highest BCUT2D eigenvalue weighted by Gasteiger charge is 2.24. The van der Waals surface area contributed by atoms with Gasteiger partial charge in [-0.25, -0.2) is 4.79 Å². The Hall–Kier alpha value is -2.77. The molecule has 1 aliphatic rings. The first kappa shape index (κ1) is 23.5. The second-order valence-electron chi connectivity index (χ2n) is 8.31. The molecule has 0 unspecified atom stereocenters. The van der Waals surface area contributed by atoms with Crippen molar-refractivity contribution in [3.63, 3.8) is 0 Å². The van der Waals surface area contributed by atoms with Crippen LogP contribution in [0.5, 0.6) is 5.75 Å². The number of rotatable bonds is 8. The quantitative estimate of drug-likeness (QED) is 0.675. The molecule has 0 spiro atoms. The zero-order chi connectivity index (χ0) is 22.0. The van der Waals surface area contributed by atoms with Crippen LogP contribution in [0.15, 0.2) is 30.3 Å². The van der Waals surface area contributed by atoms with E-state index in [1.54, 1.807) is 25.7 Å². The molecule has 0 aliphatic carbocycles. The van der Waals surface area contributed by atoms with Crippen molar-refractivity contribution in [2.24, 2.45) is 0 Å². The lowest BCUT2D eigenvalue weighted by atomic mass is 10.0. The summed E-state index contributed by atoms with van der Waals surface area (Å²) in [5, 5.41) is 5.61. The smallest absolute Gasteiger partial charge is 0.407 e. The Balaban J connectivity index is 1.58. The maximum absolute atomic E-state index is 12.3. The number of ether oxygens (including phenoxy) is 2. The summed E-state index contributed by atoms with van der Waals surface area (Å²) < 4.78 is 10.7. The van der Waals surface area contributed by atoms with E-state index in [0.29, 0.717) is 26.1 Å². The van der Waals surface area contributed by atoms with Crippen LogP contribution in [-0.2, 0) is 14.3 Å². The normalized spacial score (nSPS) is 14.7. The highest BCUT2D eigenvalue weighted by atomic mass is 16.6. The number of hydrogen-bond acceptors (Lipinski definition) is 5. The lowest BCUT2D eigenvalue weighted by Gasteiger charge is -2.32.